The maximum atomic E-state index is 13.4. The normalized spacial score (nSPS) is 10.9. The highest BCUT2D eigenvalue weighted by atomic mass is 16.1. The molecule has 0 spiro atoms. The summed E-state index contributed by atoms with van der Waals surface area (Å²) in [6.07, 6.45) is 0. The number of H-pyrrole nitrogens is 1. The van der Waals surface area contributed by atoms with Crippen molar-refractivity contribution in [3.05, 3.63) is 108 Å². The molecule has 0 fully saturated rings. The molecule has 0 radical (unpaired) electrons. The van der Waals surface area contributed by atoms with Gasteiger partial charge in [-0.25, -0.2) is 4.98 Å². The van der Waals surface area contributed by atoms with Crippen LogP contribution in [-0.4, -0.2) is 21.1 Å². The molecule has 156 valence electrons. The van der Waals surface area contributed by atoms with Crippen LogP contribution in [0.3, 0.4) is 0 Å². The van der Waals surface area contributed by atoms with Gasteiger partial charge in [0, 0.05) is 17.7 Å². The molecule has 2 heterocycles. The van der Waals surface area contributed by atoms with Gasteiger partial charge < -0.3 is 5.32 Å². The molecule has 0 aliphatic rings. The van der Waals surface area contributed by atoms with Crippen molar-refractivity contribution in [1.82, 2.24) is 20.5 Å². The second-order valence-electron chi connectivity index (χ2n) is 7.75. The van der Waals surface area contributed by atoms with Gasteiger partial charge in [-0.1, -0.05) is 90.5 Å². The lowest BCUT2D eigenvalue weighted by atomic mass is 10.0. The Labute approximate surface area is 186 Å². The average Bonchev–Trinajstić information content (AvgIpc) is 3.28. The summed E-state index contributed by atoms with van der Waals surface area (Å²) in [7, 11) is 0. The monoisotopic (exact) mass is 418 g/mol. The van der Waals surface area contributed by atoms with Crippen molar-refractivity contribution in [3.8, 4) is 22.5 Å². The van der Waals surface area contributed by atoms with Gasteiger partial charge in [-0.3, -0.25) is 9.89 Å². The Morgan fingerprint density at radius 2 is 1.56 bits per heavy atom. The first-order valence-electron chi connectivity index (χ1n) is 10.5. The van der Waals surface area contributed by atoms with E-state index in [2.05, 4.69) is 15.5 Å². The van der Waals surface area contributed by atoms with Gasteiger partial charge in [0.2, 0.25) is 0 Å². The molecule has 0 aliphatic heterocycles. The molecule has 0 saturated heterocycles. The topological polar surface area (TPSA) is 70.7 Å². The van der Waals surface area contributed by atoms with Crippen LogP contribution in [-0.2, 0) is 6.54 Å². The third kappa shape index (κ3) is 3.88. The van der Waals surface area contributed by atoms with E-state index in [-0.39, 0.29) is 5.91 Å². The van der Waals surface area contributed by atoms with Crippen LogP contribution in [0.15, 0.2) is 91.0 Å². The van der Waals surface area contributed by atoms with Gasteiger partial charge in [-0.05, 0) is 18.6 Å². The van der Waals surface area contributed by atoms with E-state index in [1.54, 1.807) is 0 Å². The number of aryl methyl sites for hydroxylation is 1. The molecule has 5 rings (SSSR count). The number of hydrogen-bond donors (Lipinski definition) is 2. The summed E-state index contributed by atoms with van der Waals surface area (Å²) >= 11 is 0. The number of amides is 1. The lowest BCUT2D eigenvalue weighted by Crippen LogP contribution is -2.23. The molecule has 5 nitrogen and oxygen atoms in total. The van der Waals surface area contributed by atoms with E-state index in [0.29, 0.717) is 23.4 Å². The molecule has 0 aliphatic carbocycles. The largest absolute Gasteiger partial charge is 0.348 e. The smallest absolute Gasteiger partial charge is 0.252 e. The molecule has 0 unspecified atom stereocenters. The van der Waals surface area contributed by atoms with Gasteiger partial charge in [-0.15, -0.1) is 0 Å². The Balaban J connectivity index is 1.62. The van der Waals surface area contributed by atoms with Gasteiger partial charge in [-0.2, -0.15) is 5.10 Å². The number of carbonyl (C=O) groups excluding carboxylic acids is 1. The minimum Gasteiger partial charge on any atom is -0.348 e. The molecular formula is C27H22N4O. The summed E-state index contributed by atoms with van der Waals surface area (Å²) in [5.41, 5.74) is 6.68. The first-order valence-corrected chi connectivity index (χ1v) is 10.5. The van der Waals surface area contributed by atoms with Crippen molar-refractivity contribution in [2.75, 3.05) is 0 Å². The number of benzene rings is 3. The molecule has 0 atom stereocenters. The quantitative estimate of drug-likeness (QED) is 0.394. The van der Waals surface area contributed by atoms with Crippen LogP contribution < -0.4 is 5.32 Å². The molecule has 2 aromatic heterocycles. The first-order chi connectivity index (χ1) is 15.7. The van der Waals surface area contributed by atoms with Gasteiger partial charge in [0.15, 0.2) is 5.65 Å². The molecule has 32 heavy (non-hydrogen) atoms. The van der Waals surface area contributed by atoms with Gasteiger partial charge in [0.1, 0.15) is 0 Å². The van der Waals surface area contributed by atoms with Gasteiger partial charge in [0.25, 0.3) is 5.91 Å². The maximum absolute atomic E-state index is 13.4. The van der Waals surface area contributed by atoms with Crippen LogP contribution in [0, 0.1) is 6.92 Å². The minimum atomic E-state index is -0.159. The standard InChI is InChI=1S/C27H22N4O/c1-18-12-14-20(15-13-18)23-16-22(27(32)28-17-19-8-4-2-5-9-19)24-25(30-31-26(24)29-23)21-10-6-3-7-11-21/h2-16H,17H2,1H3,(H,28,32)(H,29,30,31). The number of nitrogens with one attached hydrogen (secondary N) is 2. The van der Waals surface area contributed by atoms with Gasteiger partial charge in [0.05, 0.1) is 22.3 Å². The van der Waals surface area contributed by atoms with Crippen LogP contribution in [0.5, 0.6) is 0 Å². The van der Waals surface area contributed by atoms with E-state index >= 15 is 0 Å². The molecule has 5 heteroatoms. The zero-order valence-corrected chi connectivity index (χ0v) is 17.7. The zero-order valence-electron chi connectivity index (χ0n) is 17.7. The molecule has 1 amide bonds. The number of aromatic nitrogens is 3. The summed E-state index contributed by atoms with van der Waals surface area (Å²) < 4.78 is 0. The van der Waals surface area contributed by atoms with Crippen molar-refractivity contribution in [2.45, 2.75) is 13.5 Å². The minimum absolute atomic E-state index is 0.159. The Morgan fingerprint density at radius 3 is 2.28 bits per heavy atom. The Morgan fingerprint density at radius 1 is 0.875 bits per heavy atom. The highest BCUT2D eigenvalue weighted by Gasteiger charge is 2.20. The summed E-state index contributed by atoms with van der Waals surface area (Å²) in [5, 5.41) is 11.3. The number of fused-ring (bicyclic) bond motifs is 1. The third-order valence-corrected chi connectivity index (χ3v) is 5.47. The highest BCUT2D eigenvalue weighted by Crippen LogP contribution is 2.31. The highest BCUT2D eigenvalue weighted by molar-refractivity contribution is 6.10. The van der Waals surface area contributed by atoms with Crippen molar-refractivity contribution in [1.29, 1.82) is 0 Å². The van der Waals surface area contributed by atoms with Crippen molar-refractivity contribution in [2.24, 2.45) is 0 Å². The van der Waals surface area contributed by atoms with Crippen molar-refractivity contribution in [3.63, 3.8) is 0 Å². The van der Waals surface area contributed by atoms with E-state index in [0.717, 1.165) is 27.8 Å². The van der Waals surface area contributed by atoms with E-state index in [4.69, 9.17) is 4.98 Å². The van der Waals surface area contributed by atoms with Crippen molar-refractivity contribution < 1.29 is 4.79 Å². The molecular weight excluding hydrogens is 396 g/mol. The van der Waals surface area contributed by atoms with Crippen LogP contribution in [0.1, 0.15) is 21.5 Å². The van der Waals surface area contributed by atoms with E-state index in [1.165, 1.54) is 5.56 Å². The number of pyridine rings is 1. The Hall–Kier alpha value is -4.25. The van der Waals surface area contributed by atoms with E-state index in [1.807, 2.05) is 97.9 Å². The predicted octanol–water partition coefficient (Wildman–Crippen LogP) is 5.53. The summed E-state index contributed by atoms with van der Waals surface area (Å²) in [4.78, 5) is 18.1. The molecule has 3 aromatic carbocycles. The lowest BCUT2D eigenvalue weighted by molar-refractivity contribution is 0.0952. The fourth-order valence-electron chi connectivity index (χ4n) is 3.76. The van der Waals surface area contributed by atoms with Crippen LogP contribution in [0.25, 0.3) is 33.5 Å². The van der Waals surface area contributed by atoms with Gasteiger partial charge >= 0.3 is 0 Å². The summed E-state index contributed by atoms with van der Waals surface area (Å²) in [5.74, 6) is -0.159. The number of carbonyl (C=O) groups is 1. The second-order valence-corrected chi connectivity index (χ2v) is 7.75. The van der Waals surface area contributed by atoms with Crippen molar-refractivity contribution >= 4 is 16.9 Å². The number of rotatable bonds is 5. The Kier molecular flexibility index (Phi) is 5.22. The molecule has 0 saturated carbocycles. The average molecular weight is 419 g/mol. The number of aromatic amines is 1. The van der Waals surface area contributed by atoms with Crippen LogP contribution >= 0.6 is 0 Å². The zero-order chi connectivity index (χ0) is 21.9. The SMILES string of the molecule is Cc1ccc(-c2cc(C(=O)NCc3ccccc3)c3c(-c4ccccc4)[nH]nc3n2)cc1. The maximum Gasteiger partial charge on any atom is 0.252 e. The van der Waals surface area contributed by atoms with Crippen LogP contribution in [0.4, 0.5) is 0 Å². The van der Waals surface area contributed by atoms with E-state index in [9.17, 15) is 4.79 Å². The fourth-order valence-corrected chi connectivity index (χ4v) is 3.76. The third-order valence-electron chi connectivity index (χ3n) is 5.47. The molecule has 2 N–H and O–H groups in total. The molecule has 5 aromatic rings. The summed E-state index contributed by atoms with van der Waals surface area (Å²) in [6.45, 7) is 2.49. The molecule has 0 bridgehead atoms. The Bertz CT molecular complexity index is 1370. The lowest BCUT2D eigenvalue weighted by Gasteiger charge is -2.10. The fraction of sp³-hybridized carbons (Fsp3) is 0.0741. The predicted molar refractivity (Wildman–Crippen MR) is 127 cm³/mol. The van der Waals surface area contributed by atoms with Crippen LogP contribution in [0.2, 0.25) is 0 Å². The summed E-state index contributed by atoms with van der Waals surface area (Å²) in [6, 6.07) is 29.7. The second kappa shape index (κ2) is 8.47. The number of nitrogens with zero attached hydrogens (tertiary/aromatic N) is 2. The first kappa shape index (κ1) is 19.7. The van der Waals surface area contributed by atoms with E-state index < -0.39 is 0 Å². The number of hydrogen-bond acceptors (Lipinski definition) is 3.